The second-order valence-corrected chi connectivity index (χ2v) is 7.73. The Kier molecular flexibility index (Phi) is 4.40. The van der Waals surface area contributed by atoms with Crippen LogP contribution in [0.3, 0.4) is 0 Å². The Balaban J connectivity index is 1.39. The topological polar surface area (TPSA) is 111 Å². The number of fused-ring (bicyclic) bond motifs is 1. The second-order valence-electron chi connectivity index (χ2n) is 5.90. The molecule has 0 N–H and O–H groups in total. The number of ether oxygens (including phenoxy) is 1. The summed E-state index contributed by atoms with van der Waals surface area (Å²) in [6.07, 6.45) is 2.92. The molecular weight excluding hydrogens is 384 g/mol. The fourth-order valence-electron chi connectivity index (χ4n) is 2.85. The highest BCUT2D eigenvalue weighted by Crippen LogP contribution is 2.29. The summed E-state index contributed by atoms with van der Waals surface area (Å²) in [6.45, 7) is -0.499. The van der Waals surface area contributed by atoms with Gasteiger partial charge in [-0.2, -0.15) is 5.10 Å². The summed E-state index contributed by atoms with van der Waals surface area (Å²) in [5, 5.41) is 3.99. The molecule has 2 heterocycles. The van der Waals surface area contributed by atoms with Crippen molar-refractivity contribution in [1.82, 2.24) is 19.1 Å². The molecule has 1 amide bonds. The van der Waals surface area contributed by atoms with Crippen LogP contribution in [-0.2, 0) is 14.8 Å². The molecule has 10 heteroatoms. The van der Waals surface area contributed by atoms with Gasteiger partial charge in [-0.1, -0.05) is 12.1 Å². The Morgan fingerprint density at radius 3 is 2.50 bits per heavy atom. The molecule has 1 aliphatic rings. The molecule has 0 atom stereocenters. The van der Waals surface area contributed by atoms with Crippen molar-refractivity contribution in [3.05, 3.63) is 72.3 Å². The van der Waals surface area contributed by atoms with Gasteiger partial charge in [0.25, 0.3) is 15.9 Å². The van der Waals surface area contributed by atoms with Crippen LogP contribution in [0, 0.1) is 0 Å². The third kappa shape index (κ3) is 3.03. The van der Waals surface area contributed by atoms with Crippen LogP contribution in [0.15, 0.2) is 66.1 Å². The van der Waals surface area contributed by atoms with Crippen molar-refractivity contribution in [2.24, 2.45) is 0 Å². The first-order valence-corrected chi connectivity index (χ1v) is 9.71. The quantitative estimate of drug-likeness (QED) is 0.595. The predicted octanol–water partition coefficient (Wildman–Crippen LogP) is 1.27. The van der Waals surface area contributed by atoms with Crippen molar-refractivity contribution in [3.8, 4) is 5.69 Å². The van der Waals surface area contributed by atoms with Gasteiger partial charge in [-0.05, 0) is 36.4 Å². The van der Waals surface area contributed by atoms with Crippen molar-refractivity contribution in [3.63, 3.8) is 0 Å². The SMILES string of the molecule is O=C(OCCN1C(=O)c2ccccc2S1(=O)=O)c1ccc(-n2cncn2)cc1. The van der Waals surface area contributed by atoms with Crippen LogP contribution in [0.4, 0.5) is 0 Å². The first kappa shape index (κ1) is 17.9. The maximum absolute atomic E-state index is 12.4. The van der Waals surface area contributed by atoms with Gasteiger partial charge in [0.2, 0.25) is 0 Å². The predicted molar refractivity (Wildman–Crippen MR) is 96.3 cm³/mol. The number of hydrogen-bond acceptors (Lipinski definition) is 7. The lowest BCUT2D eigenvalue weighted by Gasteiger charge is -2.15. The first-order chi connectivity index (χ1) is 13.5. The maximum Gasteiger partial charge on any atom is 0.338 e. The number of aromatic nitrogens is 3. The van der Waals surface area contributed by atoms with Crippen molar-refractivity contribution >= 4 is 21.9 Å². The molecule has 0 unspecified atom stereocenters. The molecule has 9 nitrogen and oxygen atoms in total. The lowest BCUT2D eigenvalue weighted by atomic mass is 10.2. The van der Waals surface area contributed by atoms with E-state index in [9.17, 15) is 18.0 Å². The number of benzene rings is 2. The van der Waals surface area contributed by atoms with Crippen molar-refractivity contribution in [2.75, 3.05) is 13.2 Å². The van der Waals surface area contributed by atoms with E-state index in [1.54, 1.807) is 36.4 Å². The summed E-state index contributed by atoms with van der Waals surface area (Å²) in [5.74, 6) is -1.24. The summed E-state index contributed by atoms with van der Waals surface area (Å²) in [5.41, 5.74) is 1.14. The zero-order valence-electron chi connectivity index (χ0n) is 14.4. The summed E-state index contributed by atoms with van der Waals surface area (Å²) in [7, 11) is -3.91. The normalized spacial score (nSPS) is 14.7. The number of carbonyl (C=O) groups excluding carboxylic acids is 2. The van der Waals surface area contributed by atoms with Crippen molar-refractivity contribution < 1.29 is 22.7 Å². The van der Waals surface area contributed by atoms with E-state index in [0.29, 0.717) is 5.56 Å². The van der Waals surface area contributed by atoms with Gasteiger partial charge >= 0.3 is 5.97 Å². The molecule has 0 bridgehead atoms. The highest BCUT2D eigenvalue weighted by atomic mass is 32.2. The van der Waals surface area contributed by atoms with Gasteiger partial charge in [-0.3, -0.25) is 4.79 Å². The summed E-state index contributed by atoms with van der Waals surface area (Å²) < 4.78 is 32.3. The number of carbonyl (C=O) groups is 2. The van der Waals surface area contributed by atoms with E-state index in [2.05, 4.69) is 10.1 Å². The average Bonchev–Trinajstić information content (AvgIpc) is 3.30. The number of esters is 1. The van der Waals surface area contributed by atoms with E-state index in [1.165, 1.54) is 29.5 Å². The van der Waals surface area contributed by atoms with Gasteiger partial charge in [0.1, 0.15) is 24.2 Å². The number of rotatable bonds is 5. The Bertz CT molecular complexity index is 1140. The number of sulfonamides is 1. The number of nitrogens with zero attached hydrogens (tertiary/aromatic N) is 4. The standard InChI is InChI=1S/C18H14N4O5S/c23-17-15-3-1-2-4-16(15)28(25,26)22(17)9-10-27-18(24)13-5-7-14(8-6-13)21-12-19-11-20-21/h1-8,11-12H,9-10H2. The molecule has 3 aromatic rings. The van der Waals surface area contributed by atoms with E-state index in [1.807, 2.05) is 0 Å². The first-order valence-electron chi connectivity index (χ1n) is 8.27. The third-order valence-corrected chi connectivity index (χ3v) is 6.07. The maximum atomic E-state index is 12.4. The fourth-order valence-corrected chi connectivity index (χ4v) is 4.40. The van der Waals surface area contributed by atoms with Gasteiger partial charge < -0.3 is 4.74 Å². The molecule has 1 aliphatic heterocycles. The zero-order valence-corrected chi connectivity index (χ0v) is 15.2. The van der Waals surface area contributed by atoms with Gasteiger partial charge in [0.05, 0.1) is 23.4 Å². The van der Waals surface area contributed by atoms with E-state index in [0.717, 1.165) is 9.99 Å². The molecule has 4 rings (SSSR count). The van der Waals surface area contributed by atoms with Crippen LogP contribution in [-0.4, -0.2) is 52.5 Å². The summed E-state index contributed by atoms with van der Waals surface area (Å²) in [6, 6.07) is 12.5. The lowest BCUT2D eigenvalue weighted by Crippen LogP contribution is -2.33. The molecule has 0 spiro atoms. The Morgan fingerprint density at radius 1 is 1.07 bits per heavy atom. The van der Waals surface area contributed by atoms with Crippen LogP contribution in [0.5, 0.6) is 0 Å². The van der Waals surface area contributed by atoms with Crippen LogP contribution >= 0.6 is 0 Å². The van der Waals surface area contributed by atoms with Crippen LogP contribution in [0.2, 0.25) is 0 Å². The lowest BCUT2D eigenvalue weighted by molar-refractivity contribution is 0.0478. The van der Waals surface area contributed by atoms with Gasteiger partial charge in [0.15, 0.2) is 0 Å². The molecule has 0 radical (unpaired) electrons. The van der Waals surface area contributed by atoms with E-state index >= 15 is 0 Å². The van der Waals surface area contributed by atoms with Crippen LogP contribution < -0.4 is 0 Å². The molecule has 1 aromatic heterocycles. The van der Waals surface area contributed by atoms with Crippen LogP contribution in [0.25, 0.3) is 5.69 Å². The Hall–Kier alpha value is -3.53. The van der Waals surface area contributed by atoms with Crippen molar-refractivity contribution in [1.29, 1.82) is 0 Å². The number of amides is 1. The number of hydrogen-bond donors (Lipinski definition) is 0. The molecule has 0 saturated carbocycles. The van der Waals surface area contributed by atoms with Gasteiger partial charge in [-0.15, -0.1) is 0 Å². The largest absolute Gasteiger partial charge is 0.460 e. The smallest absolute Gasteiger partial charge is 0.338 e. The fraction of sp³-hybridized carbons (Fsp3) is 0.111. The van der Waals surface area contributed by atoms with E-state index in [4.69, 9.17) is 4.74 Å². The minimum absolute atomic E-state index is 0.0324. The van der Waals surface area contributed by atoms with E-state index in [-0.39, 0.29) is 23.6 Å². The minimum Gasteiger partial charge on any atom is -0.460 e. The van der Waals surface area contributed by atoms with Gasteiger partial charge in [0, 0.05) is 0 Å². The highest BCUT2D eigenvalue weighted by molar-refractivity contribution is 7.90. The summed E-state index contributed by atoms with van der Waals surface area (Å²) >= 11 is 0. The van der Waals surface area contributed by atoms with Crippen molar-refractivity contribution in [2.45, 2.75) is 4.90 Å². The molecule has 28 heavy (non-hydrogen) atoms. The minimum atomic E-state index is -3.91. The molecule has 0 saturated heterocycles. The highest BCUT2D eigenvalue weighted by Gasteiger charge is 2.40. The van der Waals surface area contributed by atoms with Gasteiger partial charge in [-0.25, -0.2) is 27.2 Å². The van der Waals surface area contributed by atoms with Crippen LogP contribution in [0.1, 0.15) is 20.7 Å². The molecule has 0 fully saturated rings. The average molecular weight is 398 g/mol. The summed E-state index contributed by atoms with van der Waals surface area (Å²) in [4.78, 5) is 28.3. The second kappa shape index (κ2) is 6.89. The van der Waals surface area contributed by atoms with E-state index < -0.39 is 21.9 Å². The molecule has 2 aromatic carbocycles. The monoisotopic (exact) mass is 398 g/mol. The molecular formula is C18H14N4O5S. The Morgan fingerprint density at radius 2 is 1.82 bits per heavy atom. The third-order valence-electron chi connectivity index (χ3n) is 4.23. The zero-order chi connectivity index (χ0) is 19.7. The Labute approximate surface area is 160 Å². The molecule has 142 valence electrons. The molecule has 0 aliphatic carbocycles.